The summed E-state index contributed by atoms with van der Waals surface area (Å²) in [7, 11) is 0. The molecule has 7 heteroatoms. The van der Waals surface area contributed by atoms with Crippen molar-refractivity contribution in [3.8, 4) is 0 Å². The first-order chi connectivity index (χ1) is 11.6. The van der Waals surface area contributed by atoms with E-state index in [0.29, 0.717) is 29.5 Å². The van der Waals surface area contributed by atoms with Gasteiger partial charge in [0, 0.05) is 22.9 Å². The summed E-state index contributed by atoms with van der Waals surface area (Å²) in [6.07, 6.45) is -0.515. The SMILES string of the molecule is CCOC(=O)Nc1ccc(NC(=O)NCc2ccc(Cl)cc2)cc1. The lowest BCUT2D eigenvalue weighted by molar-refractivity contribution is 0.168. The third-order valence-electron chi connectivity index (χ3n) is 3.03. The highest BCUT2D eigenvalue weighted by molar-refractivity contribution is 6.30. The summed E-state index contributed by atoms with van der Waals surface area (Å²) < 4.78 is 4.78. The quantitative estimate of drug-likeness (QED) is 0.757. The molecule has 3 amide bonds. The monoisotopic (exact) mass is 347 g/mol. The molecule has 0 aliphatic heterocycles. The minimum absolute atomic E-state index is 0.305. The van der Waals surface area contributed by atoms with E-state index in [0.717, 1.165) is 5.56 Å². The van der Waals surface area contributed by atoms with Gasteiger partial charge in [-0.2, -0.15) is 0 Å². The minimum atomic E-state index is -0.515. The predicted octanol–water partition coefficient (Wildman–Crippen LogP) is 4.23. The molecule has 0 saturated carbocycles. The predicted molar refractivity (Wildman–Crippen MR) is 94.4 cm³/mol. The van der Waals surface area contributed by atoms with Gasteiger partial charge in [0.25, 0.3) is 0 Å². The van der Waals surface area contributed by atoms with Gasteiger partial charge < -0.3 is 15.4 Å². The van der Waals surface area contributed by atoms with Crippen LogP contribution in [0.2, 0.25) is 5.02 Å². The molecule has 0 heterocycles. The van der Waals surface area contributed by atoms with Gasteiger partial charge in [-0.05, 0) is 48.9 Å². The largest absolute Gasteiger partial charge is 0.450 e. The fraction of sp³-hybridized carbons (Fsp3) is 0.176. The molecule has 126 valence electrons. The van der Waals surface area contributed by atoms with Crippen molar-refractivity contribution in [1.82, 2.24) is 5.32 Å². The molecule has 0 aromatic heterocycles. The second-order valence-electron chi connectivity index (χ2n) is 4.86. The van der Waals surface area contributed by atoms with E-state index in [2.05, 4.69) is 16.0 Å². The maximum Gasteiger partial charge on any atom is 0.411 e. The Hall–Kier alpha value is -2.73. The number of benzene rings is 2. The van der Waals surface area contributed by atoms with E-state index in [1.54, 1.807) is 43.3 Å². The topological polar surface area (TPSA) is 79.5 Å². The first kappa shape index (κ1) is 17.6. The van der Waals surface area contributed by atoms with E-state index in [-0.39, 0.29) is 6.03 Å². The van der Waals surface area contributed by atoms with E-state index >= 15 is 0 Å². The second-order valence-corrected chi connectivity index (χ2v) is 5.29. The van der Waals surface area contributed by atoms with Gasteiger partial charge in [0.05, 0.1) is 6.61 Å². The van der Waals surface area contributed by atoms with Crippen LogP contribution in [-0.4, -0.2) is 18.7 Å². The maximum atomic E-state index is 11.9. The fourth-order valence-corrected chi connectivity index (χ4v) is 2.01. The fourth-order valence-electron chi connectivity index (χ4n) is 1.88. The molecule has 0 aliphatic rings. The molecular formula is C17H18ClN3O3. The van der Waals surface area contributed by atoms with Crippen LogP contribution in [0, 0.1) is 0 Å². The smallest absolute Gasteiger partial charge is 0.411 e. The van der Waals surface area contributed by atoms with Crippen LogP contribution < -0.4 is 16.0 Å². The van der Waals surface area contributed by atoms with Gasteiger partial charge in [0.1, 0.15) is 0 Å². The number of carbonyl (C=O) groups is 2. The number of halogens is 1. The highest BCUT2D eigenvalue weighted by atomic mass is 35.5. The van der Waals surface area contributed by atoms with Crippen LogP contribution >= 0.6 is 11.6 Å². The average molecular weight is 348 g/mol. The lowest BCUT2D eigenvalue weighted by atomic mass is 10.2. The molecule has 2 aromatic rings. The van der Waals surface area contributed by atoms with Gasteiger partial charge in [0.15, 0.2) is 0 Å². The Morgan fingerprint density at radius 3 is 2.12 bits per heavy atom. The maximum absolute atomic E-state index is 11.9. The summed E-state index contributed by atoms with van der Waals surface area (Å²) >= 11 is 5.81. The molecule has 0 saturated heterocycles. The van der Waals surface area contributed by atoms with Crippen LogP contribution in [0.15, 0.2) is 48.5 Å². The normalized spacial score (nSPS) is 9.92. The van der Waals surface area contributed by atoms with E-state index in [9.17, 15) is 9.59 Å². The van der Waals surface area contributed by atoms with Crippen LogP contribution in [0.5, 0.6) is 0 Å². The molecule has 0 unspecified atom stereocenters. The molecule has 0 atom stereocenters. The van der Waals surface area contributed by atoms with E-state index < -0.39 is 6.09 Å². The van der Waals surface area contributed by atoms with Gasteiger partial charge in [-0.25, -0.2) is 9.59 Å². The Balaban J connectivity index is 1.81. The highest BCUT2D eigenvalue weighted by Crippen LogP contribution is 2.14. The first-order valence-electron chi connectivity index (χ1n) is 7.40. The Morgan fingerprint density at radius 2 is 1.54 bits per heavy atom. The van der Waals surface area contributed by atoms with Crippen LogP contribution in [0.1, 0.15) is 12.5 Å². The summed E-state index contributed by atoms with van der Waals surface area (Å²) in [6.45, 7) is 2.43. The van der Waals surface area contributed by atoms with Crippen molar-refractivity contribution in [2.24, 2.45) is 0 Å². The molecule has 0 aliphatic carbocycles. The molecule has 2 rings (SSSR count). The Morgan fingerprint density at radius 1 is 0.958 bits per heavy atom. The minimum Gasteiger partial charge on any atom is -0.450 e. The van der Waals surface area contributed by atoms with Gasteiger partial charge >= 0.3 is 12.1 Å². The molecule has 0 spiro atoms. The number of nitrogens with one attached hydrogen (secondary N) is 3. The van der Waals surface area contributed by atoms with Crippen LogP contribution in [0.25, 0.3) is 0 Å². The number of hydrogen-bond donors (Lipinski definition) is 3. The van der Waals surface area contributed by atoms with Crippen molar-refractivity contribution in [3.05, 3.63) is 59.1 Å². The average Bonchev–Trinajstić information content (AvgIpc) is 2.56. The van der Waals surface area contributed by atoms with Gasteiger partial charge in [0.2, 0.25) is 0 Å². The number of anilines is 2. The molecule has 3 N–H and O–H groups in total. The van der Waals surface area contributed by atoms with Crippen LogP contribution in [0.3, 0.4) is 0 Å². The zero-order valence-corrected chi connectivity index (χ0v) is 13.9. The molecule has 0 fully saturated rings. The van der Waals surface area contributed by atoms with Crippen molar-refractivity contribution < 1.29 is 14.3 Å². The summed E-state index contributed by atoms with van der Waals surface area (Å²) in [5, 5.41) is 8.68. The van der Waals surface area contributed by atoms with Crippen molar-refractivity contribution in [1.29, 1.82) is 0 Å². The van der Waals surface area contributed by atoms with E-state index in [4.69, 9.17) is 16.3 Å². The second kappa shape index (κ2) is 8.79. The Labute approximate surface area is 145 Å². The number of urea groups is 1. The van der Waals surface area contributed by atoms with Gasteiger partial charge in [-0.15, -0.1) is 0 Å². The third kappa shape index (κ3) is 5.81. The van der Waals surface area contributed by atoms with E-state index in [1.165, 1.54) is 0 Å². The van der Waals surface area contributed by atoms with Gasteiger partial charge in [-0.3, -0.25) is 5.32 Å². The molecule has 0 radical (unpaired) electrons. The lowest BCUT2D eigenvalue weighted by Gasteiger charge is -2.09. The summed E-state index contributed by atoms with van der Waals surface area (Å²) in [4.78, 5) is 23.2. The standard InChI is InChI=1S/C17H18ClN3O3/c1-2-24-17(23)21-15-9-7-14(8-10-15)20-16(22)19-11-12-3-5-13(18)6-4-12/h3-10H,2,11H2,1H3,(H,21,23)(H2,19,20,22). The number of hydrogen-bond acceptors (Lipinski definition) is 3. The molecule has 2 aromatic carbocycles. The summed E-state index contributed by atoms with van der Waals surface area (Å²) in [5.74, 6) is 0. The van der Waals surface area contributed by atoms with E-state index in [1.807, 2.05) is 12.1 Å². The van der Waals surface area contributed by atoms with Crippen molar-refractivity contribution >= 4 is 35.1 Å². The van der Waals surface area contributed by atoms with Crippen LogP contribution in [-0.2, 0) is 11.3 Å². The third-order valence-corrected chi connectivity index (χ3v) is 3.28. The number of ether oxygens (including phenoxy) is 1. The van der Waals surface area contributed by atoms with Crippen molar-refractivity contribution in [2.75, 3.05) is 17.2 Å². The summed E-state index contributed by atoms with van der Waals surface area (Å²) in [5.41, 5.74) is 2.14. The Bertz CT molecular complexity index is 687. The zero-order chi connectivity index (χ0) is 17.4. The molecule has 6 nitrogen and oxygen atoms in total. The molecule has 24 heavy (non-hydrogen) atoms. The zero-order valence-electron chi connectivity index (χ0n) is 13.1. The van der Waals surface area contributed by atoms with Crippen molar-refractivity contribution in [2.45, 2.75) is 13.5 Å². The Kier molecular flexibility index (Phi) is 6.45. The van der Waals surface area contributed by atoms with Gasteiger partial charge in [-0.1, -0.05) is 23.7 Å². The highest BCUT2D eigenvalue weighted by Gasteiger charge is 2.04. The molecular weight excluding hydrogens is 330 g/mol. The van der Waals surface area contributed by atoms with Crippen LogP contribution in [0.4, 0.5) is 21.0 Å². The van der Waals surface area contributed by atoms with Crippen molar-refractivity contribution in [3.63, 3.8) is 0 Å². The first-order valence-corrected chi connectivity index (χ1v) is 7.77. The number of carbonyl (C=O) groups excluding carboxylic acids is 2. The summed E-state index contributed by atoms with van der Waals surface area (Å²) in [6, 6.07) is 13.6. The number of amides is 3. The molecule has 0 bridgehead atoms. The number of rotatable bonds is 5. The lowest BCUT2D eigenvalue weighted by Crippen LogP contribution is -2.28.